The van der Waals surface area contributed by atoms with E-state index in [-0.39, 0.29) is 30.4 Å². The quantitative estimate of drug-likeness (QED) is 0.767. The highest BCUT2D eigenvalue weighted by Gasteiger charge is 2.35. The lowest BCUT2D eigenvalue weighted by atomic mass is 10.1. The zero-order chi connectivity index (χ0) is 18.7. The topological polar surface area (TPSA) is 32.3 Å². The van der Waals surface area contributed by atoms with Crippen molar-refractivity contribution in [3.63, 3.8) is 0 Å². The largest absolute Gasteiger partial charge is 0.416 e. The van der Waals surface area contributed by atoms with Crippen LogP contribution in [0.15, 0.2) is 48.5 Å². The minimum Gasteiger partial charge on any atom is -0.322 e. The number of alkyl halides is 3. The van der Waals surface area contributed by atoms with Crippen molar-refractivity contribution in [3.8, 4) is 0 Å². The third-order valence-corrected chi connectivity index (χ3v) is 4.25. The Labute approximate surface area is 148 Å². The van der Waals surface area contributed by atoms with Crippen LogP contribution in [0.2, 0.25) is 0 Å². The highest BCUT2D eigenvalue weighted by Crippen LogP contribution is 2.34. The summed E-state index contributed by atoms with van der Waals surface area (Å²) in [7, 11) is 0. The van der Waals surface area contributed by atoms with Crippen LogP contribution in [0.1, 0.15) is 24.0 Å². The first-order chi connectivity index (χ1) is 12.3. The molecule has 1 saturated carbocycles. The van der Waals surface area contributed by atoms with E-state index in [0.29, 0.717) is 0 Å². The number of rotatable bonds is 6. The summed E-state index contributed by atoms with van der Waals surface area (Å²) >= 11 is 0. The van der Waals surface area contributed by atoms with Gasteiger partial charge < -0.3 is 5.32 Å². The number of benzene rings is 2. The minimum atomic E-state index is -4.44. The molecule has 3 nitrogen and oxygen atoms in total. The van der Waals surface area contributed by atoms with E-state index >= 15 is 0 Å². The summed E-state index contributed by atoms with van der Waals surface area (Å²) in [6.07, 6.45) is -2.77. The van der Waals surface area contributed by atoms with Crippen LogP contribution >= 0.6 is 0 Å². The fraction of sp³-hybridized carbons (Fsp3) is 0.316. The van der Waals surface area contributed by atoms with Crippen LogP contribution in [0.25, 0.3) is 0 Å². The van der Waals surface area contributed by atoms with Gasteiger partial charge >= 0.3 is 6.18 Å². The van der Waals surface area contributed by atoms with Gasteiger partial charge in [-0.05, 0) is 36.6 Å². The molecule has 138 valence electrons. The summed E-state index contributed by atoms with van der Waals surface area (Å²) in [5.41, 5.74) is -0.505. The van der Waals surface area contributed by atoms with Gasteiger partial charge in [-0.2, -0.15) is 13.2 Å². The molecular formula is C19H18F4N2O. The molecule has 0 aliphatic heterocycles. The average Bonchev–Trinajstić information content (AvgIpc) is 3.41. The van der Waals surface area contributed by atoms with E-state index in [9.17, 15) is 22.4 Å². The molecule has 2 aromatic carbocycles. The smallest absolute Gasteiger partial charge is 0.322 e. The van der Waals surface area contributed by atoms with Crippen LogP contribution < -0.4 is 5.32 Å². The molecule has 0 saturated heterocycles. The van der Waals surface area contributed by atoms with E-state index in [1.54, 1.807) is 17.0 Å². The first-order valence-electron chi connectivity index (χ1n) is 8.28. The lowest BCUT2D eigenvalue weighted by molar-refractivity contribution is -0.138. The molecule has 0 bridgehead atoms. The predicted octanol–water partition coefficient (Wildman–Crippen LogP) is 4.45. The Kier molecular flexibility index (Phi) is 5.27. The van der Waals surface area contributed by atoms with Crippen LogP contribution in [0.3, 0.4) is 0 Å². The number of halogens is 4. The molecule has 1 aliphatic rings. The Morgan fingerprint density at radius 2 is 1.73 bits per heavy atom. The van der Waals surface area contributed by atoms with Gasteiger partial charge in [-0.25, -0.2) is 4.39 Å². The van der Waals surface area contributed by atoms with E-state index in [0.717, 1.165) is 18.9 Å². The van der Waals surface area contributed by atoms with E-state index in [1.807, 2.05) is 0 Å². The molecule has 0 heterocycles. The van der Waals surface area contributed by atoms with Gasteiger partial charge in [0.2, 0.25) is 5.91 Å². The van der Waals surface area contributed by atoms with E-state index < -0.39 is 23.5 Å². The van der Waals surface area contributed by atoms with Crippen molar-refractivity contribution >= 4 is 11.6 Å². The van der Waals surface area contributed by atoms with Crippen molar-refractivity contribution in [1.29, 1.82) is 0 Å². The summed E-state index contributed by atoms with van der Waals surface area (Å²) < 4.78 is 53.1. The van der Waals surface area contributed by atoms with Gasteiger partial charge in [0.25, 0.3) is 0 Å². The van der Waals surface area contributed by atoms with Gasteiger partial charge in [0.15, 0.2) is 0 Å². The minimum absolute atomic E-state index is 0.0189. The summed E-state index contributed by atoms with van der Waals surface area (Å²) in [5, 5.41) is 2.48. The molecule has 0 aromatic heterocycles. The number of anilines is 1. The summed E-state index contributed by atoms with van der Waals surface area (Å²) in [5.74, 6) is -1.01. The fourth-order valence-electron chi connectivity index (χ4n) is 2.84. The number of carbonyl (C=O) groups excluding carboxylic acids is 1. The zero-order valence-electron chi connectivity index (χ0n) is 13.9. The molecule has 0 atom stereocenters. The van der Waals surface area contributed by atoms with Crippen molar-refractivity contribution in [1.82, 2.24) is 4.90 Å². The summed E-state index contributed by atoms with van der Waals surface area (Å²) in [6, 6.07) is 11.2. The normalized spacial score (nSPS) is 14.5. The summed E-state index contributed by atoms with van der Waals surface area (Å²) in [4.78, 5) is 13.9. The number of para-hydroxylation sites is 1. The number of nitrogens with one attached hydrogen (secondary N) is 1. The van der Waals surface area contributed by atoms with Crippen molar-refractivity contribution in [2.45, 2.75) is 31.6 Å². The monoisotopic (exact) mass is 366 g/mol. The molecule has 1 amide bonds. The molecular weight excluding hydrogens is 348 g/mol. The van der Waals surface area contributed by atoms with E-state index in [1.165, 1.54) is 30.3 Å². The summed E-state index contributed by atoms with van der Waals surface area (Å²) in [6.45, 7) is -0.0732. The first kappa shape index (κ1) is 18.4. The molecule has 1 fully saturated rings. The van der Waals surface area contributed by atoms with Crippen molar-refractivity contribution in [2.75, 3.05) is 11.9 Å². The maximum Gasteiger partial charge on any atom is 0.416 e. The number of nitrogens with zero attached hydrogens (tertiary/aromatic N) is 1. The standard InChI is InChI=1S/C19H18F4N2O/c20-16-7-3-4-8-17(16)24-18(26)12-25(14-9-10-14)11-13-5-1-2-6-15(13)19(21,22)23/h1-8,14H,9-12H2,(H,24,26). The Balaban J connectivity index is 1.71. The Hall–Kier alpha value is -2.41. The lowest BCUT2D eigenvalue weighted by Gasteiger charge is -2.23. The van der Waals surface area contributed by atoms with Gasteiger partial charge in [-0.1, -0.05) is 30.3 Å². The van der Waals surface area contributed by atoms with Gasteiger partial charge in [-0.3, -0.25) is 9.69 Å². The second-order valence-electron chi connectivity index (χ2n) is 6.32. The van der Waals surface area contributed by atoms with Crippen LogP contribution in [0, 0.1) is 5.82 Å². The molecule has 1 N–H and O–H groups in total. The van der Waals surface area contributed by atoms with Gasteiger partial charge in [0.05, 0.1) is 17.8 Å². The van der Waals surface area contributed by atoms with E-state index in [4.69, 9.17) is 0 Å². The van der Waals surface area contributed by atoms with Gasteiger partial charge in [-0.15, -0.1) is 0 Å². The van der Waals surface area contributed by atoms with Gasteiger partial charge in [0, 0.05) is 12.6 Å². The molecule has 7 heteroatoms. The van der Waals surface area contributed by atoms with Crippen LogP contribution in [-0.2, 0) is 17.5 Å². The zero-order valence-corrected chi connectivity index (χ0v) is 13.9. The Bertz CT molecular complexity index is 787. The van der Waals surface area contributed by atoms with Crippen molar-refractivity contribution in [3.05, 3.63) is 65.5 Å². The number of hydrogen-bond acceptors (Lipinski definition) is 2. The molecule has 0 unspecified atom stereocenters. The fourth-order valence-corrected chi connectivity index (χ4v) is 2.84. The number of amides is 1. The molecule has 3 rings (SSSR count). The van der Waals surface area contributed by atoms with Crippen LogP contribution in [0.4, 0.5) is 23.2 Å². The SMILES string of the molecule is O=C(CN(Cc1ccccc1C(F)(F)F)C1CC1)Nc1ccccc1F. The third kappa shape index (κ3) is 4.60. The third-order valence-electron chi connectivity index (χ3n) is 4.25. The Morgan fingerprint density at radius 1 is 1.08 bits per heavy atom. The highest BCUT2D eigenvalue weighted by atomic mass is 19.4. The Morgan fingerprint density at radius 3 is 2.38 bits per heavy atom. The van der Waals surface area contributed by atoms with Gasteiger partial charge in [0.1, 0.15) is 5.82 Å². The average molecular weight is 366 g/mol. The van der Waals surface area contributed by atoms with E-state index in [2.05, 4.69) is 5.32 Å². The first-order valence-corrected chi connectivity index (χ1v) is 8.28. The lowest BCUT2D eigenvalue weighted by Crippen LogP contribution is -2.35. The molecule has 26 heavy (non-hydrogen) atoms. The molecule has 2 aromatic rings. The van der Waals surface area contributed by atoms with Crippen LogP contribution in [0.5, 0.6) is 0 Å². The van der Waals surface area contributed by atoms with Crippen molar-refractivity contribution < 1.29 is 22.4 Å². The predicted molar refractivity (Wildman–Crippen MR) is 89.9 cm³/mol. The number of carbonyl (C=O) groups is 1. The maximum absolute atomic E-state index is 13.6. The number of hydrogen-bond donors (Lipinski definition) is 1. The molecule has 1 aliphatic carbocycles. The second-order valence-corrected chi connectivity index (χ2v) is 6.32. The molecule has 0 radical (unpaired) electrons. The maximum atomic E-state index is 13.6. The second kappa shape index (κ2) is 7.45. The molecule has 0 spiro atoms. The van der Waals surface area contributed by atoms with Crippen LogP contribution in [-0.4, -0.2) is 23.4 Å². The van der Waals surface area contributed by atoms with Crippen molar-refractivity contribution in [2.24, 2.45) is 0 Å². The highest BCUT2D eigenvalue weighted by molar-refractivity contribution is 5.92.